The zero-order valence-electron chi connectivity index (χ0n) is 9.04. The Labute approximate surface area is 94.9 Å². The summed E-state index contributed by atoms with van der Waals surface area (Å²) in [6.45, 7) is 4.00. The summed E-state index contributed by atoms with van der Waals surface area (Å²) in [5, 5.41) is 0. The minimum Gasteiger partial charge on any atom is -0.407 e. The van der Waals surface area contributed by atoms with Crippen LogP contribution >= 0.6 is 9.24 Å². The maximum atomic E-state index is 12.3. The van der Waals surface area contributed by atoms with E-state index in [0.29, 0.717) is 11.7 Å². The maximum Gasteiger partial charge on any atom is 0.566 e. The van der Waals surface area contributed by atoms with Crippen LogP contribution in [0.1, 0.15) is 19.4 Å². The molecule has 0 radical (unpaired) electrons. The Morgan fingerprint density at radius 2 is 1.81 bits per heavy atom. The van der Waals surface area contributed by atoms with Gasteiger partial charge in [-0.15, -0.1) is 18.0 Å². The SMILES string of the molecule is CC.FOC(F)(F)Oc1ccccc1CP. The van der Waals surface area contributed by atoms with Gasteiger partial charge in [-0.25, -0.2) is 0 Å². The highest BCUT2D eigenvalue weighted by atomic mass is 31.0. The first-order chi connectivity index (χ1) is 7.59. The van der Waals surface area contributed by atoms with Crippen molar-refractivity contribution in [3.05, 3.63) is 29.8 Å². The van der Waals surface area contributed by atoms with Gasteiger partial charge < -0.3 is 4.74 Å². The van der Waals surface area contributed by atoms with Crippen molar-refractivity contribution in [3.8, 4) is 5.75 Å². The van der Waals surface area contributed by atoms with Gasteiger partial charge >= 0.3 is 6.29 Å². The Kier molecular flexibility index (Phi) is 7.10. The number of hydrogen-bond donors (Lipinski definition) is 0. The molecule has 0 saturated carbocycles. The summed E-state index contributed by atoms with van der Waals surface area (Å²) < 4.78 is 40.0. The molecule has 0 bridgehead atoms. The van der Waals surface area contributed by atoms with Crippen LogP contribution in [-0.4, -0.2) is 6.29 Å². The lowest BCUT2D eigenvalue weighted by Crippen LogP contribution is -2.25. The van der Waals surface area contributed by atoms with Crippen LogP contribution in [0.2, 0.25) is 0 Å². The van der Waals surface area contributed by atoms with E-state index in [0.717, 1.165) is 0 Å². The van der Waals surface area contributed by atoms with Gasteiger partial charge in [0.15, 0.2) is 0 Å². The van der Waals surface area contributed by atoms with Crippen molar-refractivity contribution >= 4 is 9.24 Å². The molecule has 0 aliphatic rings. The first-order valence-electron chi connectivity index (χ1n) is 4.73. The lowest BCUT2D eigenvalue weighted by atomic mass is 10.2. The molecule has 6 heteroatoms. The van der Waals surface area contributed by atoms with Gasteiger partial charge in [0.2, 0.25) is 0 Å². The van der Waals surface area contributed by atoms with Crippen LogP contribution in [0, 0.1) is 0 Å². The Morgan fingerprint density at radius 3 is 2.31 bits per heavy atom. The maximum absolute atomic E-state index is 12.3. The third kappa shape index (κ3) is 4.81. The fourth-order valence-electron chi connectivity index (χ4n) is 0.916. The average Bonchev–Trinajstić information content (AvgIpc) is 2.32. The molecular weight excluding hydrogens is 240 g/mol. The van der Waals surface area contributed by atoms with E-state index in [9.17, 15) is 13.3 Å². The highest BCUT2D eigenvalue weighted by Crippen LogP contribution is 2.27. The van der Waals surface area contributed by atoms with E-state index in [-0.39, 0.29) is 5.75 Å². The molecule has 1 atom stereocenters. The number of rotatable bonds is 4. The normalized spacial score (nSPS) is 10.4. The molecule has 1 aromatic carbocycles. The Morgan fingerprint density at radius 1 is 1.25 bits per heavy atom. The van der Waals surface area contributed by atoms with Gasteiger partial charge in [-0.1, -0.05) is 37.0 Å². The molecule has 1 unspecified atom stereocenters. The second-order valence-corrected chi connectivity index (χ2v) is 2.86. The lowest BCUT2D eigenvalue weighted by molar-refractivity contribution is -0.436. The second kappa shape index (κ2) is 7.47. The van der Waals surface area contributed by atoms with Crippen LogP contribution < -0.4 is 4.74 Å². The van der Waals surface area contributed by atoms with Crippen molar-refractivity contribution < 1.29 is 23.0 Å². The molecule has 0 saturated heterocycles. The number of halogens is 3. The summed E-state index contributed by atoms with van der Waals surface area (Å²) in [7, 11) is 2.35. The molecule has 0 aromatic heterocycles. The van der Waals surface area contributed by atoms with Crippen LogP contribution in [0.25, 0.3) is 0 Å². The zero-order chi connectivity index (χ0) is 12.6. The van der Waals surface area contributed by atoms with Crippen molar-refractivity contribution in [1.82, 2.24) is 0 Å². The van der Waals surface area contributed by atoms with Crippen LogP contribution in [0.3, 0.4) is 0 Å². The van der Waals surface area contributed by atoms with E-state index in [1.807, 2.05) is 13.8 Å². The summed E-state index contributed by atoms with van der Waals surface area (Å²) in [6, 6.07) is 6.08. The summed E-state index contributed by atoms with van der Waals surface area (Å²) in [4.78, 5) is 2.38. The monoisotopic (exact) mass is 254 g/mol. The van der Waals surface area contributed by atoms with Gasteiger partial charge in [-0.05, 0) is 22.3 Å². The van der Waals surface area contributed by atoms with Crippen molar-refractivity contribution in [3.63, 3.8) is 0 Å². The quantitative estimate of drug-likeness (QED) is 0.599. The standard InChI is InChI=1S/C8H8F3O2P.C2H6/c9-8(10,13-11)12-7-4-2-1-3-6(7)5-14;1-2/h1-4H,5,14H2;1-2H3. The van der Waals surface area contributed by atoms with E-state index in [4.69, 9.17) is 0 Å². The van der Waals surface area contributed by atoms with E-state index in [1.54, 1.807) is 12.1 Å². The van der Waals surface area contributed by atoms with Crippen molar-refractivity contribution in [1.29, 1.82) is 0 Å². The van der Waals surface area contributed by atoms with E-state index in [1.165, 1.54) is 12.1 Å². The third-order valence-electron chi connectivity index (χ3n) is 1.51. The number of ether oxygens (including phenoxy) is 1. The number of alkyl halides is 2. The smallest absolute Gasteiger partial charge is 0.407 e. The van der Waals surface area contributed by atoms with E-state index < -0.39 is 6.29 Å². The molecule has 0 N–H and O–H groups in total. The molecule has 1 aromatic rings. The topological polar surface area (TPSA) is 18.5 Å². The van der Waals surface area contributed by atoms with Crippen LogP contribution in [0.4, 0.5) is 13.3 Å². The van der Waals surface area contributed by atoms with Crippen LogP contribution in [0.5, 0.6) is 5.75 Å². The van der Waals surface area contributed by atoms with Crippen LogP contribution in [0.15, 0.2) is 24.3 Å². The molecule has 16 heavy (non-hydrogen) atoms. The highest BCUT2D eigenvalue weighted by Gasteiger charge is 2.36. The van der Waals surface area contributed by atoms with Gasteiger partial charge in [-0.2, -0.15) is 0 Å². The Bertz CT molecular complexity index is 308. The van der Waals surface area contributed by atoms with E-state index >= 15 is 0 Å². The first-order valence-corrected chi connectivity index (χ1v) is 5.55. The molecule has 0 aliphatic carbocycles. The fraction of sp³-hybridized carbons (Fsp3) is 0.400. The number of benzene rings is 1. The van der Waals surface area contributed by atoms with Gasteiger partial charge in [0.05, 0.1) is 0 Å². The largest absolute Gasteiger partial charge is 0.566 e. The highest BCUT2D eigenvalue weighted by molar-refractivity contribution is 7.15. The average molecular weight is 254 g/mol. The number of hydrogen-bond acceptors (Lipinski definition) is 2. The number of para-hydroxylation sites is 1. The zero-order valence-corrected chi connectivity index (χ0v) is 10.2. The summed E-state index contributed by atoms with van der Waals surface area (Å²) in [5.41, 5.74) is 0.522. The van der Waals surface area contributed by atoms with Crippen LogP contribution in [-0.2, 0) is 11.1 Å². The first kappa shape index (κ1) is 15.2. The van der Waals surface area contributed by atoms with Gasteiger partial charge in [-0.3, -0.25) is 0 Å². The van der Waals surface area contributed by atoms with Gasteiger partial charge in [0, 0.05) is 0 Å². The van der Waals surface area contributed by atoms with Crippen molar-refractivity contribution in [2.45, 2.75) is 26.3 Å². The van der Waals surface area contributed by atoms with Gasteiger partial charge in [0.25, 0.3) is 0 Å². The Balaban J connectivity index is 0.00000106. The summed E-state index contributed by atoms with van der Waals surface area (Å²) >= 11 is 0. The molecule has 0 fully saturated rings. The van der Waals surface area contributed by atoms with E-state index in [2.05, 4.69) is 18.9 Å². The predicted molar refractivity (Wildman–Crippen MR) is 59.0 cm³/mol. The predicted octanol–water partition coefficient (Wildman–Crippen LogP) is 3.92. The minimum atomic E-state index is -4.24. The molecule has 1 rings (SSSR count). The second-order valence-electron chi connectivity index (χ2n) is 2.45. The Hall–Kier alpha value is -0.800. The fourth-order valence-corrected chi connectivity index (χ4v) is 1.25. The van der Waals surface area contributed by atoms with Crippen molar-refractivity contribution in [2.24, 2.45) is 0 Å². The molecule has 2 nitrogen and oxygen atoms in total. The lowest BCUT2D eigenvalue weighted by Gasteiger charge is -2.14. The molecule has 0 spiro atoms. The summed E-state index contributed by atoms with van der Waals surface area (Å²) in [6.07, 6.45) is -3.81. The summed E-state index contributed by atoms with van der Waals surface area (Å²) in [5.74, 6) is -0.106. The third-order valence-corrected chi connectivity index (χ3v) is 1.95. The van der Waals surface area contributed by atoms with Gasteiger partial charge in [0.1, 0.15) is 5.75 Å². The molecule has 0 heterocycles. The molecule has 0 aliphatic heterocycles. The molecule has 0 amide bonds. The molecule has 92 valence electrons. The van der Waals surface area contributed by atoms with Crippen molar-refractivity contribution in [2.75, 3.05) is 0 Å². The minimum absolute atomic E-state index is 0.106. The molecular formula is C10H14F3O2P.